The summed E-state index contributed by atoms with van der Waals surface area (Å²) < 4.78 is 35.8. The molecule has 4 rings (SSSR count). The summed E-state index contributed by atoms with van der Waals surface area (Å²) in [5.74, 6) is -2.72. The predicted octanol–water partition coefficient (Wildman–Crippen LogP) is 5.35. The molecule has 214 valence electrons. The Kier molecular flexibility index (Phi) is 14.8. The van der Waals surface area contributed by atoms with Gasteiger partial charge in [0.05, 0.1) is 15.3 Å². The zero-order valence-corrected chi connectivity index (χ0v) is 24.0. The molecule has 0 spiro atoms. The summed E-state index contributed by atoms with van der Waals surface area (Å²) in [6, 6.07) is 18.3. The number of carboxylic acid groups (broad SMARTS) is 1. The van der Waals surface area contributed by atoms with Crippen LogP contribution in [0.5, 0.6) is 0 Å². The molecule has 0 aliphatic heterocycles. The van der Waals surface area contributed by atoms with Crippen molar-refractivity contribution in [2.24, 2.45) is 0 Å². The molecule has 0 saturated carbocycles. The number of aromatic carboxylic acids is 1. The fourth-order valence-electron chi connectivity index (χ4n) is 2.70. The topological polar surface area (TPSA) is 146 Å². The molecule has 0 saturated heterocycles. The van der Waals surface area contributed by atoms with Gasteiger partial charge in [0.25, 0.3) is 5.78 Å². The maximum absolute atomic E-state index is 11.8. The van der Waals surface area contributed by atoms with Gasteiger partial charge in [-0.1, -0.05) is 42.5 Å². The first-order chi connectivity index (χ1) is 19.2. The number of carbonyl (C=O) groups is 3. The number of carbonyl (C=O) groups excluding carboxylic acids is 4. The minimum absolute atomic E-state index is 0.0237. The largest absolute Gasteiger partial charge is 0.488 e. The molecule has 0 aliphatic carbocycles. The Hall–Kier alpha value is -3.72. The molecule has 8 nitrogen and oxygen atoms in total. The number of rotatable bonds is 5. The third-order valence-corrected chi connectivity index (χ3v) is 7.26. The van der Waals surface area contributed by atoms with Gasteiger partial charge in [0.15, 0.2) is 5.78 Å². The number of thiophene rings is 2. The van der Waals surface area contributed by atoms with Crippen LogP contribution in [0.1, 0.15) is 36.6 Å². The number of Topliss-reactive ketones (excluding diaryl/α,β-unsaturated/α-hetero) is 2. The zero-order chi connectivity index (χ0) is 31.2. The van der Waals surface area contributed by atoms with Crippen LogP contribution in [0.25, 0.3) is 11.1 Å². The summed E-state index contributed by atoms with van der Waals surface area (Å²) in [5, 5.41) is 29.3. The monoisotopic (exact) mass is 670 g/mol. The number of halogens is 4. The van der Waals surface area contributed by atoms with Crippen molar-refractivity contribution in [1.29, 1.82) is 0 Å². The van der Waals surface area contributed by atoms with Crippen molar-refractivity contribution < 1.29 is 52.3 Å². The molecule has 41 heavy (non-hydrogen) atoms. The van der Waals surface area contributed by atoms with E-state index in [1.807, 2.05) is 17.5 Å². The highest BCUT2D eigenvalue weighted by molar-refractivity contribution is 9.10. The number of benzene rings is 2. The highest BCUT2D eigenvalue weighted by Gasteiger charge is 2.40. The highest BCUT2D eigenvalue weighted by Crippen LogP contribution is 2.28. The molecule has 2 heterocycles. The minimum Gasteiger partial charge on any atom is -0.478 e. The maximum Gasteiger partial charge on any atom is 0.488 e. The van der Waals surface area contributed by atoms with Crippen LogP contribution in [0.3, 0.4) is 0 Å². The van der Waals surface area contributed by atoms with Gasteiger partial charge in [0, 0.05) is 9.85 Å². The predicted molar refractivity (Wildman–Crippen MR) is 150 cm³/mol. The van der Waals surface area contributed by atoms with Crippen LogP contribution in [0.15, 0.2) is 82.0 Å². The van der Waals surface area contributed by atoms with Gasteiger partial charge in [-0.2, -0.15) is 22.8 Å². The van der Waals surface area contributed by atoms with Gasteiger partial charge in [-0.15, -0.1) is 22.7 Å². The highest BCUT2D eigenvalue weighted by atomic mass is 79.9. The van der Waals surface area contributed by atoms with Gasteiger partial charge >= 0.3 is 25.4 Å². The summed E-state index contributed by atoms with van der Waals surface area (Å²) in [5.41, 5.74) is 2.47. The van der Waals surface area contributed by atoms with Crippen molar-refractivity contribution in [2.75, 3.05) is 0 Å². The Morgan fingerprint density at radius 2 is 1.44 bits per heavy atom. The fraction of sp³-hybridized carbons (Fsp3) is 0.0769. The van der Waals surface area contributed by atoms with E-state index >= 15 is 0 Å². The molecule has 0 atom stereocenters. The van der Waals surface area contributed by atoms with Crippen LogP contribution in [0.4, 0.5) is 13.2 Å². The van der Waals surface area contributed by atoms with Crippen molar-refractivity contribution in [3.8, 4) is 11.1 Å². The maximum atomic E-state index is 11.8. The molecule has 0 radical (unpaired) electrons. The summed E-state index contributed by atoms with van der Waals surface area (Å²) in [6.07, 6.45) is -4.52. The van der Waals surface area contributed by atoms with Crippen LogP contribution in [0.2, 0.25) is 0 Å². The Morgan fingerprint density at radius 1 is 0.854 bits per heavy atom. The van der Waals surface area contributed by atoms with Crippen molar-refractivity contribution in [3.05, 3.63) is 97.3 Å². The van der Waals surface area contributed by atoms with Crippen LogP contribution in [-0.4, -0.2) is 52.1 Å². The van der Waals surface area contributed by atoms with E-state index in [1.54, 1.807) is 48.5 Å². The second kappa shape index (κ2) is 17.2. The third kappa shape index (κ3) is 12.6. The smallest absolute Gasteiger partial charge is 0.478 e. The first kappa shape index (κ1) is 35.3. The lowest BCUT2D eigenvalue weighted by molar-refractivity contribution is -0.191. The molecular formula is C26H19BBrF3O8S2. The molecule has 2 aromatic carbocycles. The average Bonchev–Trinajstić information content (AvgIpc) is 3.59. The van der Waals surface area contributed by atoms with Gasteiger partial charge in [-0.05, 0) is 69.1 Å². The number of carboxylic acids is 1. The molecule has 0 amide bonds. The number of alkyl halides is 3. The lowest BCUT2D eigenvalue weighted by atomic mass is 9.81. The van der Waals surface area contributed by atoms with Crippen molar-refractivity contribution in [1.82, 2.24) is 0 Å². The molecule has 3 N–H and O–H groups in total. The first-order valence-electron chi connectivity index (χ1n) is 10.9. The van der Waals surface area contributed by atoms with Crippen molar-refractivity contribution in [3.63, 3.8) is 0 Å². The van der Waals surface area contributed by atoms with E-state index in [-0.39, 0.29) is 22.4 Å². The summed E-state index contributed by atoms with van der Waals surface area (Å²) in [7, 11) is -1.34. The summed E-state index contributed by atoms with van der Waals surface area (Å²) in [4.78, 5) is 49.2. The molecule has 0 aliphatic rings. The second-order valence-electron chi connectivity index (χ2n) is 7.47. The quantitative estimate of drug-likeness (QED) is 0.190. The lowest BCUT2D eigenvalue weighted by Gasteiger charge is -2.00. The molecule has 0 fully saturated rings. The lowest BCUT2D eigenvalue weighted by Crippen LogP contribution is -2.29. The number of ketones is 2. The molecule has 4 aromatic rings. The van der Waals surface area contributed by atoms with E-state index in [2.05, 4.69) is 15.9 Å². The average molecular weight is 671 g/mol. The first-order valence-corrected chi connectivity index (χ1v) is 13.5. The molecule has 2 aromatic heterocycles. The Morgan fingerprint density at radius 3 is 1.85 bits per heavy atom. The van der Waals surface area contributed by atoms with Crippen LogP contribution in [-0.2, 0) is 9.59 Å². The van der Waals surface area contributed by atoms with Crippen LogP contribution < -0.4 is 5.46 Å². The van der Waals surface area contributed by atoms with Crippen LogP contribution in [0, 0.1) is 0 Å². The summed E-state index contributed by atoms with van der Waals surface area (Å²) >= 11 is 5.10. The van der Waals surface area contributed by atoms with E-state index in [9.17, 15) is 27.6 Å². The van der Waals surface area contributed by atoms with E-state index < -0.39 is 25.0 Å². The second-order valence-corrected chi connectivity index (χ2v) is 10.2. The SMILES string of the molecule is CC(=O)c1cc(-c2cccc(C(=O)O)c2)cs1.O=C(c1cc(Br)cs1)C(F)(F)F.O=C=O.OB(O)c1ccccc1. The standard InChI is InChI=1S/C13H10O3S.C6H7BO2.C6H2BrF3OS.CO2/c1-8(14)12-6-11(7-17-12)9-3-2-4-10(5-9)13(15)16;8-7(9)6-4-2-1-3-5-6;7-3-1-4(12-2-3)5(11)6(8,9)10;2-1-3/h2-7H,1H3,(H,15,16);1-5,8-9H;1-2H;. The Labute approximate surface area is 248 Å². The fourth-order valence-corrected chi connectivity index (χ4v) is 4.91. The van der Waals surface area contributed by atoms with Crippen molar-refractivity contribution in [2.45, 2.75) is 13.1 Å². The molecule has 0 unspecified atom stereocenters. The van der Waals surface area contributed by atoms with Gasteiger partial charge in [0.1, 0.15) is 0 Å². The molecule has 0 bridgehead atoms. The normalized spacial score (nSPS) is 9.83. The van der Waals surface area contributed by atoms with Crippen molar-refractivity contribution >= 4 is 74.9 Å². The number of hydrogen-bond acceptors (Lipinski definition) is 9. The van der Waals surface area contributed by atoms with E-state index in [4.69, 9.17) is 24.7 Å². The van der Waals surface area contributed by atoms with Gasteiger partial charge in [-0.25, -0.2) is 4.79 Å². The molecule has 15 heteroatoms. The number of hydrogen-bond donors (Lipinski definition) is 3. The van der Waals surface area contributed by atoms with E-state index in [1.165, 1.54) is 23.6 Å². The molecular weight excluding hydrogens is 652 g/mol. The Bertz CT molecular complexity index is 1480. The third-order valence-electron chi connectivity index (χ3n) is 4.54. The van der Waals surface area contributed by atoms with E-state index in [0.29, 0.717) is 14.8 Å². The minimum atomic E-state index is -4.77. The zero-order valence-electron chi connectivity index (χ0n) is 20.8. The Balaban J connectivity index is 0.000000307. The summed E-state index contributed by atoms with van der Waals surface area (Å²) in [6.45, 7) is 1.52. The van der Waals surface area contributed by atoms with Crippen LogP contribution >= 0.6 is 38.6 Å². The van der Waals surface area contributed by atoms with Gasteiger partial charge in [0.2, 0.25) is 0 Å². The van der Waals surface area contributed by atoms with Gasteiger partial charge in [-0.3, -0.25) is 9.59 Å². The van der Waals surface area contributed by atoms with E-state index in [0.717, 1.165) is 28.5 Å². The van der Waals surface area contributed by atoms with Gasteiger partial charge < -0.3 is 15.2 Å².